The topological polar surface area (TPSA) is 474 Å². The molecule has 14 atom stereocenters. The van der Waals surface area contributed by atoms with Gasteiger partial charge in [-0.05, 0) is 72.7 Å². The second-order valence-electron chi connectivity index (χ2n) is 21.3. The van der Waals surface area contributed by atoms with E-state index in [1.165, 1.54) is 19.1 Å². The van der Waals surface area contributed by atoms with E-state index >= 15 is 0 Å². The number of phenols is 1. The van der Waals surface area contributed by atoms with Crippen molar-refractivity contribution in [3.63, 3.8) is 0 Å². The largest absolute Gasteiger partial charge is 1.00 e. The van der Waals surface area contributed by atoms with E-state index in [1.807, 2.05) is 24.3 Å². The van der Waals surface area contributed by atoms with Crippen LogP contribution in [-0.2, 0) is 48.0 Å². The summed E-state index contributed by atoms with van der Waals surface area (Å²) in [7, 11) is 0. The standard InChI is InChI=1S/C56H70N9O18.Na.H2O4S/c1-4-5-6-21-82-35-17-13-30(14-18-35)40-23-37(63-83-40)29-7-9-32(10-8-29)50(75)58-36-19-20-42(71)59-54(79)46-47(72)27(2)25-65(46)56(81)44(39(69)24-41(57)70)61-53(78)45(49(74)48(73)31-11-15-33(67)16-12-31)62-52(77)38-22-34(68)26-64(38)55(80)43(28(3)66)60-51(36)76;;1-2-3-4-5/h7-15,17-18,23,27-28,34,36,38-39,42-49,66-69,71-74H,4-6,19-22,24-26H2,1-3H3,(H2,57,70)(H,58,75)(H,59,79)(H,60,76)(H,61,78)(H,62,77);;1,5H/q-1;+1;/t27-,28+,34+,36-,38-,39+,42+,43-,44-,45-,46-,47-,48-,49-;;/m0../s1. The Morgan fingerprint density at radius 1 is 0.831 bits per heavy atom. The number of ether oxygens (including phenoxy) is 1. The van der Waals surface area contributed by atoms with E-state index in [-0.39, 0.29) is 46.4 Å². The molecule has 480 valence electrons. The van der Waals surface area contributed by atoms with Crippen LogP contribution < -0.4 is 66.6 Å². The van der Waals surface area contributed by atoms with Crippen LogP contribution in [0.2, 0.25) is 0 Å². The molecule has 89 heavy (non-hydrogen) atoms. The summed E-state index contributed by atoms with van der Waals surface area (Å²) in [5.41, 5.74) is 6.90. The fraction of sp³-hybridized carbons (Fsp3) is 0.482. The summed E-state index contributed by atoms with van der Waals surface area (Å²) in [4.78, 5) is 114. The van der Waals surface area contributed by atoms with E-state index in [9.17, 15) is 79.2 Å². The van der Waals surface area contributed by atoms with Crippen LogP contribution in [0.25, 0.3) is 22.6 Å². The third-order valence-corrected chi connectivity index (χ3v) is 14.8. The minimum atomic E-state index is -2.39. The summed E-state index contributed by atoms with van der Waals surface area (Å²) in [5.74, 6) is -9.75. The summed E-state index contributed by atoms with van der Waals surface area (Å²) in [6.45, 7) is 4.23. The Morgan fingerprint density at radius 2 is 1.48 bits per heavy atom. The number of carbonyl (C=O) groups is 8. The Kier molecular flexibility index (Phi) is 28.1. The maximum atomic E-state index is 14.6. The van der Waals surface area contributed by atoms with Gasteiger partial charge in [-0.3, -0.25) is 38.4 Å². The number of aromatic hydroxyl groups is 1. The number of fused-ring (bicyclic) bond motifs is 2. The van der Waals surface area contributed by atoms with Crippen molar-refractivity contribution in [1.82, 2.24) is 41.5 Å². The van der Waals surface area contributed by atoms with Crippen molar-refractivity contribution in [2.75, 3.05) is 19.7 Å². The first-order valence-electron chi connectivity index (χ1n) is 27.8. The molecular formula is C56H72N9NaO22S. The van der Waals surface area contributed by atoms with Crippen LogP contribution >= 0.6 is 12.9 Å². The third kappa shape index (κ3) is 19.6. The van der Waals surface area contributed by atoms with Crippen molar-refractivity contribution in [1.29, 1.82) is 0 Å². The number of thiol groups is 1. The number of hydrogen-bond acceptors (Lipinski definition) is 24. The number of unbranched alkanes of at least 4 members (excludes halogenated alkanes) is 2. The van der Waals surface area contributed by atoms with Crippen LogP contribution in [0.4, 0.5) is 0 Å². The molecule has 31 nitrogen and oxygen atoms in total. The zero-order valence-electron chi connectivity index (χ0n) is 48.8. The molecule has 33 heteroatoms. The average Bonchev–Trinajstić information content (AvgIpc) is 3.06. The van der Waals surface area contributed by atoms with Gasteiger partial charge in [0.1, 0.15) is 60.0 Å². The molecule has 3 aliphatic heterocycles. The Labute approximate surface area is 536 Å². The molecule has 8 amide bonds. The van der Waals surface area contributed by atoms with Gasteiger partial charge in [-0.15, -0.1) is 22.0 Å². The molecule has 0 radical (unpaired) electrons. The summed E-state index contributed by atoms with van der Waals surface area (Å²) in [6, 6.07) is 8.77. The molecule has 3 saturated heterocycles. The summed E-state index contributed by atoms with van der Waals surface area (Å²) in [5, 5.41) is 118. The number of nitrogens with zero attached hydrogens (tertiary/aromatic N) is 3. The Hall–Kier alpha value is -6.86. The number of amides is 8. The predicted octanol–water partition coefficient (Wildman–Crippen LogP) is -5.07. The van der Waals surface area contributed by atoms with Crippen molar-refractivity contribution in [3.05, 3.63) is 90.0 Å². The normalized spacial score (nSPS) is 25.1. The van der Waals surface area contributed by atoms with E-state index in [0.717, 1.165) is 59.7 Å². The Morgan fingerprint density at radius 3 is 2.09 bits per heavy atom. The van der Waals surface area contributed by atoms with Gasteiger partial charge in [-0.2, -0.15) is 12.1 Å². The monoisotopic (exact) mass is 1280 g/mol. The second-order valence-corrected chi connectivity index (χ2v) is 21.4. The average molecular weight is 1280 g/mol. The van der Waals surface area contributed by atoms with Crippen LogP contribution in [-0.4, -0.2) is 201 Å². The van der Waals surface area contributed by atoms with Gasteiger partial charge in [0.25, 0.3) is 5.91 Å². The van der Waals surface area contributed by atoms with Gasteiger partial charge in [0.15, 0.2) is 5.76 Å². The van der Waals surface area contributed by atoms with Gasteiger partial charge in [-0.1, -0.05) is 44.0 Å². The van der Waals surface area contributed by atoms with E-state index < -0.39 is 171 Å². The van der Waals surface area contributed by atoms with Crippen LogP contribution in [0.5, 0.6) is 11.5 Å². The number of nitrogens with two attached hydrogens (primary N) is 1. The van der Waals surface area contributed by atoms with Crippen LogP contribution in [0.15, 0.2) is 77.3 Å². The predicted molar refractivity (Wildman–Crippen MR) is 304 cm³/mol. The minimum Gasteiger partial charge on any atom is -0.534 e. The number of rotatable bonds is 18. The number of aliphatic hydroxyl groups is 7. The molecule has 0 bridgehead atoms. The molecule has 16 N–H and O–H groups in total. The number of nitrogens with one attached hydrogen (secondary N) is 5. The van der Waals surface area contributed by atoms with Gasteiger partial charge in [0.2, 0.25) is 41.4 Å². The second kappa shape index (κ2) is 34.4. The van der Waals surface area contributed by atoms with Gasteiger partial charge >= 0.3 is 29.6 Å². The third-order valence-electron chi connectivity index (χ3n) is 14.8. The maximum Gasteiger partial charge on any atom is 1.00 e. The Balaban J connectivity index is 0.00000231. The molecule has 3 aromatic carbocycles. The molecule has 0 unspecified atom stereocenters. The van der Waals surface area contributed by atoms with Crippen molar-refractivity contribution in [2.24, 2.45) is 11.7 Å². The molecule has 7 rings (SSSR count). The van der Waals surface area contributed by atoms with E-state index in [0.29, 0.717) is 29.4 Å². The molecule has 4 aromatic rings. The maximum absolute atomic E-state index is 14.6. The molecule has 0 aliphatic carbocycles. The quantitative estimate of drug-likeness (QED) is 0.00843. The van der Waals surface area contributed by atoms with Gasteiger partial charge in [-0.25, -0.2) is 5.26 Å². The van der Waals surface area contributed by atoms with Crippen molar-refractivity contribution >= 4 is 60.2 Å². The number of hydrogen-bond donors (Lipinski definition) is 16. The summed E-state index contributed by atoms with van der Waals surface area (Å²) >= 11 is 2.99. The zero-order chi connectivity index (χ0) is 64.5. The van der Waals surface area contributed by atoms with Gasteiger partial charge in [0.05, 0.1) is 43.5 Å². The fourth-order valence-electron chi connectivity index (χ4n) is 10.1. The number of phenolic OH excluding ortho intramolecular Hbond substituents is 1. The van der Waals surface area contributed by atoms with Gasteiger partial charge < -0.3 is 92.2 Å². The minimum absolute atomic E-state index is 0. The van der Waals surface area contributed by atoms with Crippen molar-refractivity contribution in [3.8, 4) is 34.1 Å². The molecule has 4 heterocycles. The van der Waals surface area contributed by atoms with Crippen molar-refractivity contribution < 1.29 is 138 Å². The molecule has 3 fully saturated rings. The van der Waals surface area contributed by atoms with E-state index in [1.54, 1.807) is 18.2 Å². The van der Waals surface area contributed by atoms with Crippen molar-refractivity contribution in [2.45, 2.75) is 145 Å². The molecule has 1 aromatic heterocycles. The molecule has 0 saturated carbocycles. The fourth-order valence-corrected chi connectivity index (χ4v) is 10.1. The first kappa shape index (κ1) is 72.9. The first-order valence-corrected chi connectivity index (χ1v) is 28.2. The number of aliphatic hydroxyl groups excluding tert-OH is 7. The Bertz CT molecular complexity index is 3020. The van der Waals surface area contributed by atoms with E-state index in [4.69, 9.17) is 20.3 Å². The van der Waals surface area contributed by atoms with Crippen LogP contribution in [0.1, 0.15) is 87.7 Å². The summed E-state index contributed by atoms with van der Waals surface area (Å²) in [6.07, 6.45) is -13.0. The number of benzene rings is 3. The van der Waals surface area contributed by atoms with Crippen LogP contribution in [0.3, 0.4) is 0 Å². The van der Waals surface area contributed by atoms with E-state index in [2.05, 4.69) is 72.1 Å². The zero-order valence-corrected chi connectivity index (χ0v) is 51.7. The van der Waals surface area contributed by atoms with Crippen LogP contribution in [0, 0.1) is 12.0 Å². The molecular weight excluding hydrogens is 1210 g/mol. The smallest absolute Gasteiger partial charge is 0.534 e. The summed E-state index contributed by atoms with van der Waals surface area (Å²) < 4.78 is 14.8. The number of primary amides is 1. The van der Waals surface area contributed by atoms with Gasteiger partial charge in [0, 0.05) is 66.8 Å². The SMILES string of the molecule is CCCCCOc1ccc(-c2cc(-c3ccc(C(=O)N[C@H]4CC[C@@H](O)NC(=O)[C@@H]5[C@@H](O)[C@@H](C)CN5C(=O)[C@H]([C@H](O)CC(N)=O)NC(=O)[C@H]([C@H](O)[C@@H](O)c5c[c-]c(O)cc5)NC(=O)[C@@H]5C[C@@H](O)CN5C(=O)[C@H]([C@@H](C)O)NC4=O)cc3)no2)cc1.OOOOS.[Na+]. The first-order chi connectivity index (χ1) is 41.9. The molecule has 0 spiro atoms. The molecule has 3 aliphatic rings. The number of aromatic nitrogens is 1. The number of carbonyl (C=O) groups excluding carboxylic acids is 8.